The van der Waals surface area contributed by atoms with Crippen LogP contribution in [0.3, 0.4) is 0 Å². The van der Waals surface area contributed by atoms with E-state index in [-0.39, 0.29) is 16.5 Å². The van der Waals surface area contributed by atoms with Crippen LogP contribution in [0.5, 0.6) is 0 Å². The fraction of sp³-hybridized carbons (Fsp3) is 0.333. The lowest BCUT2D eigenvalue weighted by Crippen LogP contribution is -2.27. The van der Waals surface area contributed by atoms with E-state index in [4.69, 9.17) is 23.2 Å². The maximum atomic E-state index is 12.4. The topological polar surface area (TPSA) is 87.7 Å². The minimum Gasteiger partial charge on any atom is -0.263 e. The minimum absolute atomic E-state index is 0.0201. The number of aromatic nitrogens is 3. The molecule has 0 aliphatic heterocycles. The van der Waals surface area contributed by atoms with Gasteiger partial charge in [-0.15, -0.1) is 0 Å². The molecule has 0 amide bonds. The van der Waals surface area contributed by atoms with Gasteiger partial charge in [-0.1, -0.05) is 23.2 Å². The molecular weight excluding hydrogens is 335 g/mol. The zero-order valence-electron chi connectivity index (χ0n) is 11.4. The molecule has 0 saturated carbocycles. The Balaban J connectivity index is 2.23. The van der Waals surface area contributed by atoms with Gasteiger partial charge in [0, 0.05) is 18.0 Å². The Morgan fingerprint density at radius 2 is 2.05 bits per heavy atom. The summed E-state index contributed by atoms with van der Waals surface area (Å²) in [7, 11) is -3.75. The number of sulfonamides is 1. The molecule has 21 heavy (non-hydrogen) atoms. The Kier molecular flexibility index (Phi) is 4.88. The molecular formula is C12H14Cl2N4O2S. The predicted octanol–water partition coefficient (Wildman–Crippen LogP) is 2.25. The summed E-state index contributed by atoms with van der Waals surface area (Å²) < 4.78 is 27.3. The molecule has 2 rings (SSSR count). The first-order valence-electron chi connectivity index (χ1n) is 6.12. The molecule has 0 aliphatic rings. The summed E-state index contributed by atoms with van der Waals surface area (Å²) >= 11 is 12.2. The van der Waals surface area contributed by atoms with Gasteiger partial charge in [0.2, 0.25) is 10.0 Å². The molecule has 0 unspecified atom stereocenters. The molecule has 0 fully saturated rings. The maximum Gasteiger partial charge on any atom is 0.242 e. The Morgan fingerprint density at radius 1 is 1.33 bits per heavy atom. The maximum absolute atomic E-state index is 12.4. The quantitative estimate of drug-likeness (QED) is 0.867. The SMILES string of the molecule is Cc1cc(Cl)c(C)c(S(=O)(=O)NCCc2ncn[nH]2)c1Cl. The number of aromatic amines is 1. The Morgan fingerprint density at radius 3 is 2.67 bits per heavy atom. The number of hydrogen-bond donors (Lipinski definition) is 2. The fourth-order valence-electron chi connectivity index (χ4n) is 1.86. The first-order chi connectivity index (χ1) is 9.83. The lowest BCUT2D eigenvalue weighted by molar-refractivity contribution is 0.580. The zero-order valence-corrected chi connectivity index (χ0v) is 13.8. The molecule has 0 bridgehead atoms. The van der Waals surface area contributed by atoms with Crippen LogP contribution in [0.1, 0.15) is 17.0 Å². The summed E-state index contributed by atoms with van der Waals surface area (Å²) in [4.78, 5) is 3.94. The highest BCUT2D eigenvalue weighted by Crippen LogP contribution is 2.33. The molecule has 1 aromatic heterocycles. The van der Waals surface area contributed by atoms with Crippen molar-refractivity contribution in [3.63, 3.8) is 0 Å². The minimum atomic E-state index is -3.75. The fourth-order valence-corrected chi connectivity index (χ4v) is 4.10. The summed E-state index contributed by atoms with van der Waals surface area (Å²) in [6, 6.07) is 1.65. The number of nitrogens with one attached hydrogen (secondary N) is 2. The van der Waals surface area contributed by atoms with Crippen LogP contribution in [-0.4, -0.2) is 30.1 Å². The Labute approximate surface area is 132 Å². The van der Waals surface area contributed by atoms with Crippen LogP contribution in [0.25, 0.3) is 0 Å². The molecule has 6 nitrogen and oxygen atoms in total. The van der Waals surface area contributed by atoms with Gasteiger partial charge in [0.05, 0.1) is 5.02 Å². The van der Waals surface area contributed by atoms with Crippen molar-refractivity contribution in [2.24, 2.45) is 0 Å². The lowest BCUT2D eigenvalue weighted by atomic mass is 10.2. The Hall–Kier alpha value is -1.15. The molecule has 0 saturated heterocycles. The van der Waals surface area contributed by atoms with Gasteiger partial charge in [0.15, 0.2) is 0 Å². The van der Waals surface area contributed by atoms with Crippen molar-refractivity contribution in [3.05, 3.63) is 39.4 Å². The monoisotopic (exact) mass is 348 g/mol. The van der Waals surface area contributed by atoms with Crippen LogP contribution in [0, 0.1) is 13.8 Å². The third-order valence-electron chi connectivity index (χ3n) is 2.98. The van der Waals surface area contributed by atoms with Crippen molar-refractivity contribution in [1.82, 2.24) is 19.9 Å². The van der Waals surface area contributed by atoms with Crippen LogP contribution in [0.4, 0.5) is 0 Å². The number of nitrogens with zero attached hydrogens (tertiary/aromatic N) is 2. The molecule has 2 N–H and O–H groups in total. The third-order valence-corrected chi connectivity index (χ3v) is 5.60. The second-order valence-electron chi connectivity index (χ2n) is 4.52. The highest BCUT2D eigenvalue weighted by Gasteiger charge is 2.23. The number of halogens is 2. The molecule has 0 aliphatic carbocycles. The standard InChI is InChI=1S/C12H14Cl2N4O2S/c1-7-5-9(13)8(2)12(11(7)14)21(19,20)17-4-3-10-15-6-16-18-10/h5-6,17H,3-4H2,1-2H3,(H,15,16,18). The van der Waals surface area contributed by atoms with E-state index >= 15 is 0 Å². The second kappa shape index (κ2) is 6.31. The molecule has 9 heteroatoms. The first-order valence-corrected chi connectivity index (χ1v) is 8.36. The van der Waals surface area contributed by atoms with E-state index < -0.39 is 10.0 Å². The van der Waals surface area contributed by atoms with Crippen molar-refractivity contribution in [2.75, 3.05) is 6.54 Å². The molecule has 0 atom stereocenters. The summed E-state index contributed by atoms with van der Waals surface area (Å²) in [6.45, 7) is 3.51. The number of rotatable bonds is 5. The lowest BCUT2D eigenvalue weighted by Gasteiger charge is -2.13. The van der Waals surface area contributed by atoms with Gasteiger partial charge in [0.25, 0.3) is 0 Å². The number of benzene rings is 1. The van der Waals surface area contributed by atoms with Gasteiger partial charge in [-0.3, -0.25) is 5.10 Å². The third kappa shape index (κ3) is 3.55. The van der Waals surface area contributed by atoms with Gasteiger partial charge in [-0.2, -0.15) is 5.10 Å². The van der Waals surface area contributed by atoms with Gasteiger partial charge in [-0.05, 0) is 31.0 Å². The van der Waals surface area contributed by atoms with Crippen molar-refractivity contribution >= 4 is 33.2 Å². The van der Waals surface area contributed by atoms with Crippen molar-refractivity contribution in [3.8, 4) is 0 Å². The summed E-state index contributed by atoms with van der Waals surface area (Å²) in [6.07, 6.45) is 1.76. The van der Waals surface area contributed by atoms with Crippen LogP contribution >= 0.6 is 23.2 Å². The molecule has 1 aromatic carbocycles. The van der Waals surface area contributed by atoms with E-state index in [2.05, 4.69) is 19.9 Å². The normalized spacial score (nSPS) is 11.8. The summed E-state index contributed by atoms with van der Waals surface area (Å²) in [5, 5.41) is 6.91. The van der Waals surface area contributed by atoms with E-state index in [1.54, 1.807) is 19.9 Å². The van der Waals surface area contributed by atoms with Crippen molar-refractivity contribution < 1.29 is 8.42 Å². The zero-order chi connectivity index (χ0) is 15.6. The predicted molar refractivity (Wildman–Crippen MR) is 81.2 cm³/mol. The van der Waals surface area contributed by atoms with Crippen molar-refractivity contribution in [1.29, 1.82) is 0 Å². The molecule has 114 valence electrons. The molecule has 1 heterocycles. The van der Waals surface area contributed by atoms with Crippen LogP contribution in [0.2, 0.25) is 10.0 Å². The first kappa shape index (κ1) is 16.2. The van der Waals surface area contributed by atoms with Crippen LogP contribution < -0.4 is 4.72 Å². The summed E-state index contributed by atoms with van der Waals surface area (Å²) in [5.41, 5.74) is 1.04. The van der Waals surface area contributed by atoms with E-state index in [0.29, 0.717) is 28.4 Å². The average Bonchev–Trinajstić information content (AvgIpc) is 2.89. The van der Waals surface area contributed by atoms with Crippen LogP contribution in [-0.2, 0) is 16.4 Å². The van der Waals surface area contributed by atoms with Gasteiger partial charge in [-0.25, -0.2) is 18.1 Å². The van der Waals surface area contributed by atoms with Gasteiger partial charge >= 0.3 is 0 Å². The van der Waals surface area contributed by atoms with E-state index in [9.17, 15) is 8.42 Å². The number of H-pyrrole nitrogens is 1. The van der Waals surface area contributed by atoms with Gasteiger partial charge < -0.3 is 0 Å². The van der Waals surface area contributed by atoms with E-state index in [1.165, 1.54) is 6.33 Å². The van der Waals surface area contributed by atoms with Crippen molar-refractivity contribution in [2.45, 2.75) is 25.2 Å². The van der Waals surface area contributed by atoms with Crippen LogP contribution in [0.15, 0.2) is 17.3 Å². The largest absolute Gasteiger partial charge is 0.263 e. The summed E-state index contributed by atoms with van der Waals surface area (Å²) in [5.74, 6) is 0.600. The number of hydrogen-bond acceptors (Lipinski definition) is 4. The van der Waals surface area contributed by atoms with E-state index in [1.807, 2.05) is 0 Å². The average molecular weight is 349 g/mol. The molecule has 0 spiro atoms. The molecule has 2 aromatic rings. The smallest absolute Gasteiger partial charge is 0.242 e. The Bertz CT molecular complexity index is 719. The highest BCUT2D eigenvalue weighted by atomic mass is 35.5. The highest BCUT2D eigenvalue weighted by molar-refractivity contribution is 7.89. The van der Waals surface area contributed by atoms with E-state index in [0.717, 1.165) is 0 Å². The second-order valence-corrected chi connectivity index (χ2v) is 7.01. The number of aryl methyl sites for hydroxylation is 1. The van der Waals surface area contributed by atoms with Gasteiger partial charge in [0.1, 0.15) is 17.0 Å². The molecule has 0 radical (unpaired) electrons.